The average molecular weight is 467 g/mol. The summed E-state index contributed by atoms with van der Waals surface area (Å²) in [6.45, 7) is 3.79. The number of hydrogen-bond acceptors (Lipinski definition) is 4. The number of hydrogen-bond donors (Lipinski definition) is 2. The van der Waals surface area contributed by atoms with Crippen LogP contribution in [0.4, 0.5) is 0 Å². The first-order valence-corrected chi connectivity index (χ1v) is 9.67. The minimum absolute atomic E-state index is 0. The van der Waals surface area contributed by atoms with Crippen LogP contribution in [0.1, 0.15) is 24.5 Å². The smallest absolute Gasteiger partial charge is 0.191 e. The van der Waals surface area contributed by atoms with Crippen LogP contribution in [-0.4, -0.2) is 45.6 Å². The number of rotatable bonds is 6. The number of methoxy groups -OCH3 is 1. The molecule has 0 radical (unpaired) electrons. The summed E-state index contributed by atoms with van der Waals surface area (Å²) in [6, 6.07) is 7.95. The quantitative estimate of drug-likeness (QED) is 0.378. The van der Waals surface area contributed by atoms with E-state index in [-0.39, 0.29) is 41.5 Å². The van der Waals surface area contributed by atoms with Crippen molar-refractivity contribution in [3.05, 3.63) is 35.4 Å². The van der Waals surface area contributed by atoms with Gasteiger partial charge >= 0.3 is 0 Å². The Morgan fingerprint density at radius 1 is 1.33 bits per heavy atom. The fraction of sp³-hybridized carbons (Fsp3) is 0.562. The van der Waals surface area contributed by atoms with E-state index in [0.717, 1.165) is 17.7 Å². The zero-order valence-corrected chi connectivity index (χ0v) is 17.3. The lowest BCUT2D eigenvalue weighted by Gasteiger charge is -2.16. The minimum Gasteiger partial charge on any atom is -0.380 e. The fourth-order valence-corrected chi connectivity index (χ4v) is 4.27. The molecule has 1 aliphatic heterocycles. The Morgan fingerprint density at radius 2 is 2.04 bits per heavy atom. The van der Waals surface area contributed by atoms with Gasteiger partial charge in [0.15, 0.2) is 15.8 Å². The predicted molar refractivity (Wildman–Crippen MR) is 108 cm³/mol. The van der Waals surface area contributed by atoms with E-state index in [1.165, 1.54) is 0 Å². The van der Waals surface area contributed by atoms with Crippen LogP contribution in [0.3, 0.4) is 0 Å². The van der Waals surface area contributed by atoms with Gasteiger partial charge in [-0.05, 0) is 24.5 Å². The molecule has 0 aromatic heterocycles. The molecule has 8 heteroatoms. The highest BCUT2D eigenvalue weighted by Gasteiger charge is 2.28. The molecule has 0 aliphatic carbocycles. The molecule has 2 N–H and O–H groups in total. The number of guanidine groups is 1. The van der Waals surface area contributed by atoms with Gasteiger partial charge in [-0.2, -0.15) is 0 Å². The summed E-state index contributed by atoms with van der Waals surface area (Å²) >= 11 is 0. The molecule has 0 amide bonds. The van der Waals surface area contributed by atoms with E-state index in [4.69, 9.17) is 4.74 Å². The molecule has 1 aliphatic rings. The Bertz CT molecular complexity index is 650. The van der Waals surface area contributed by atoms with Crippen LogP contribution in [-0.2, 0) is 27.7 Å². The van der Waals surface area contributed by atoms with E-state index in [9.17, 15) is 8.42 Å². The number of sulfone groups is 1. The standard InChI is InChI=1S/C16H25N3O3S.HI/c1-3-17-16(19-15-8-9-23(20,21)12-15)18-10-13-6-4-5-7-14(13)11-22-2;/h4-7,15H,3,8-12H2,1-2H3,(H2,17,18,19);1H. The highest BCUT2D eigenvalue weighted by atomic mass is 127. The van der Waals surface area contributed by atoms with Gasteiger partial charge in [0.25, 0.3) is 0 Å². The summed E-state index contributed by atoms with van der Waals surface area (Å²) in [6.07, 6.45) is 0.632. The van der Waals surface area contributed by atoms with Crippen molar-refractivity contribution >= 4 is 39.8 Å². The maximum atomic E-state index is 11.6. The van der Waals surface area contributed by atoms with Crippen molar-refractivity contribution in [2.45, 2.75) is 32.5 Å². The van der Waals surface area contributed by atoms with Gasteiger partial charge in [-0.1, -0.05) is 24.3 Å². The number of aliphatic imine (C=N–C) groups is 1. The lowest BCUT2D eigenvalue weighted by molar-refractivity contribution is 0.184. The Labute approximate surface area is 161 Å². The topological polar surface area (TPSA) is 79.8 Å². The molecular weight excluding hydrogens is 441 g/mol. The zero-order chi connectivity index (χ0) is 16.7. The van der Waals surface area contributed by atoms with Crippen molar-refractivity contribution in [2.75, 3.05) is 25.2 Å². The Kier molecular flexibility index (Phi) is 8.99. The summed E-state index contributed by atoms with van der Waals surface area (Å²) in [7, 11) is -1.23. The number of halogens is 1. The summed E-state index contributed by atoms with van der Waals surface area (Å²) in [5, 5.41) is 6.39. The maximum absolute atomic E-state index is 11.6. The molecule has 1 unspecified atom stereocenters. The average Bonchev–Trinajstić information content (AvgIpc) is 2.85. The van der Waals surface area contributed by atoms with E-state index in [2.05, 4.69) is 15.6 Å². The first-order valence-electron chi connectivity index (χ1n) is 7.85. The second kappa shape index (κ2) is 10.2. The van der Waals surface area contributed by atoms with E-state index in [1.807, 2.05) is 31.2 Å². The van der Waals surface area contributed by atoms with Crippen LogP contribution in [0.15, 0.2) is 29.3 Å². The third-order valence-electron chi connectivity index (χ3n) is 3.74. The molecule has 1 aromatic carbocycles. The van der Waals surface area contributed by atoms with Crippen LogP contribution < -0.4 is 10.6 Å². The molecule has 1 atom stereocenters. The molecule has 2 rings (SSSR count). The first-order chi connectivity index (χ1) is 11.0. The summed E-state index contributed by atoms with van der Waals surface area (Å²) in [5.41, 5.74) is 2.21. The normalized spacial score (nSPS) is 19.6. The SMILES string of the molecule is CCNC(=NCc1ccccc1COC)NC1CCS(=O)(=O)C1.I. The van der Waals surface area contributed by atoms with Crippen LogP contribution >= 0.6 is 24.0 Å². The van der Waals surface area contributed by atoms with Crippen molar-refractivity contribution < 1.29 is 13.2 Å². The van der Waals surface area contributed by atoms with Crippen LogP contribution in [0, 0.1) is 0 Å². The maximum Gasteiger partial charge on any atom is 0.191 e. The van der Waals surface area contributed by atoms with E-state index >= 15 is 0 Å². The van der Waals surface area contributed by atoms with Gasteiger partial charge in [0.2, 0.25) is 0 Å². The van der Waals surface area contributed by atoms with Crippen LogP contribution in [0.2, 0.25) is 0 Å². The second-order valence-corrected chi connectivity index (χ2v) is 7.87. The number of benzene rings is 1. The number of ether oxygens (including phenoxy) is 1. The Hall–Kier alpha value is -0.870. The number of nitrogens with zero attached hydrogens (tertiary/aromatic N) is 1. The van der Waals surface area contributed by atoms with E-state index in [1.54, 1.807) is 7.11 Å². The van der Waals surface area contributed by atoms with Crippen molar-refractivity contribution in [3.63, 3.8) is 0 Å². The third kappa shape index (κ3) is 6.56. The first kappa shape index (κ1) is 21.2. The zero-order valence-electron chi connectivity index (χ0n) is 14.1. The van der Waals surface area contributed by atoms with Gasteiger partial charge in [0.05, 0.1) is 24.7 Å². The molecule has 1 heterocycles. The second-order valence-electron chi connectivity index (χ2n) is 5.64. The monoisotopic (exact) mass is 467 g/mol. The highest BCUT2D eigenvalue weighted by Crippen LogP contribution is 2.13. The highest BCUT2D eigenvalue weighted by molar-refractivity contribution is 14.0. The minimum atomic E-state index is -2.90. The summed E-state index contributed by atoms with van der Waals surface area (Å²) in [5.74, 6) is 1.08. The van der Waals surface area contributed by atoms with Crippen LogP contribution in [0.5, 0.6) is 0 Å². The molecule has 1 fully saturated rings. The number of nitrogens with one attached hydrogen (secondary N) is 2. The summed E-state index contributed by atoms with van der Waals surface area (Å²) in [4.78, 5) is 4.58. The molecular formula is C16H26IN3O3S. The van der Waals surface area contributed by atoms with E-state index in [0.29, 0.717) is 25.5 Å². The molecule has 0 spiro atoms. The van der Waals surface area contributed by atoms with Crippen molar-refractivity contribution in [1.29, 1.82) is 0 Å². The summed E-state index contributed by atoms with van der Waals surface area (Å²) < 4.78 is 28.3. The molecule has 6 nitrogen and oxygen atoms in total. The van der Waals surface area contributed by atoms with Gasteiger partial charge < -0.3 is 15.4 Å². The van der Waals surface area contributed by atoms with Gasteiger partial charge in [-0.15, -0.1) is 24.0 Å². The largest absolute Gasteiger partial charge is 0.380 e. The Morgan fingerprint density at radius 3 is 2.62 bits per heavy atom. The van der Waals surface area contributed by atoms with Crippen molar-refractivity contribution in [2.24, 2.45) is 4.99 Å². The van der Waals surface area contributed by atoms with Crippen LogP contribution in [0.25, 0.3) is 0 Å². The predicted octanol–water partition coefficient (Wildman–Crippen LogP) is 1.69. The lowest BCUT2D eigenvalue weighted by atomic mass is 10.1. The Balaban J connectivity index is 0.00000288. The molecule has 1 aromatic rings. The third-order valence-corrected chi connectivity index (χ3v) is 5.51. The van der Waals surface area contributed by atoms with Gasteiger partial charge in [0.1, 0.15) is 0 Å². The van der Waals surface area contributed by atoms with Crippen molar-refractivity contribution in [1.82, 2.24) is 10.6 Å². The van der Waals surface area contributed by atoms with Crippen molar-refractivity contribution in [3.8, 4) is 0 Å². The molecule has 0 bridgehead atoms. The molecule has 1 saturated heterocycles. The van der Waals surface area contributed by atoms with Gasteiger partial charge in [0, 0.05) is 19.7 Å². The van der Waals surface area contributed by atoms with Gasteiger partial charge in [-0.3, -0.25) is 0 Å². The fourth-order valence-electron chi connectivity index (χ4n) is 2.59. The van der Waals surface area contributed by atoms with E-state index < -0.39 is 9.84 Å². The molecule has 0 saturated carbocycles. The lowest BCUT2D eigenvalue weighted by Crippen LogP contribution is -2.44. The molecule has 24 heavy (non-hydrogen) atoms. The van der Waals surface area contributed by atoms with Gasteiger partial charge in [-0.25, -0.2) is 13.4 Å². The molecule has 136 valence electrons.